The van der Waals surface area contributed by atoms with Crippen LogP contribution >= 0.6 is 0 Å². The highest BCUT2D eigenvalue weighted by Gasteiger charge is 2.31. The number of aryl methyl sites for hydroxylation is 1. The summed E-state index contributed by atoms with van der Waals surface area (Å²) in [4.78, 5) is 35.6. The second-order valence-corrected chi connectivity index (χ2v) is 10.1. The topological polar surface area (TPSA) is 105 Å². The lowest BCUT2D eigenvalue weighted by Gasteiger charge is -2.16. The molecule has 3 aromatic heterocycles. The first kappa shape index (κ1) is 27.8. The number of fused-ring (bicyclic) bond motifs is 1. The van der Waals surface area contributed by atoms with Crippen LogP contribution in [0, 0.1) is 11.6 Å². The maximum atomic E-state index is 15.2. The van der Waals surface area contributed by atoms with Crippen molar-refractivity contribution < 1.29 is 27.8 Å². The number of benzene rings is 2. The number of hydrogen-bond donors (Lipinski definition) is 1. The summed E-state index contributed by atoms with van der Waals surface area (Å²) < 4.78 is 46.9. The third-order valence-electron chi connectivity index (χ3n) is 7.20. The van der Waals surface area contributed by atoms with E-state index >= 15 is 4.39 Å². The molecule has 218 valence electrons. The van der Waals surface area contributed by atoms with Gasteiger partial charge in [0, 0.05) is 54.6 Å². The number of pyridine rings is 3. The van der Waals surface area contributed by atoms with Gasteiger partial charge in [-0.2, -0.15) is 0 Å². The minimum Gasteiger partial charge on any atom is -0.491 e. The Bertz CT molecular complexity index is 1940. The minimum atomic E-state index is -0.757. The zero-order valence-electron chi connectivity index (χ0n) is 23.5. The lowest BCUT2D eigenvalue weighted by molar-refractivity contribution is 0.102. The number of hydrogen-bond acceptors (Lipinski definition) is 7. The number of halogens is 2. The Morgan fingerprint density at radius 2 is 1.74 bits per heavy atom. The van der Waals surface area contributed by atoms with Crippen molar-refractivity contribution >= 4 is 22.6 Å². The standard InChI is InChI=1S/C32H26F2N4O5/c1-38-16-21(30(39)27(29(38)18-4-5-18)17-6-8-19(33)9-7-17)31(40)36-20-10-11-24(22(34)14-20)43-25-12-13-35-23-15-26(41-2)32(42-3)37-28(23)25/h6-16,18H,4-5H2,1-3H3,(H,36,40). The highest BCUT2D eigenvalue weighted by Crippen LogP contribution is 2.43. The number of ether oxygens (including phenoxy) is 3. The van der Waals surface area contributed by atoms with Crippen molar-refractivity contribution in [3.63, 3.8) is 0 Å². The third-order valence-corrected chi connectivity index (χ3v) is 7.20. The molecule has 0 unspecified atom stereocenters. The van der Waals surface area contributed by atoms with E-state index in [0.29, 0.717) is 27.9 Å². The quantitative estimate of drug-likeness (QED) is 0.231. The summed E-state index contributed by atoms with van der Waals surface area (Å²) in [5.74, 6) is -0.993. The fourth-order valence-electron chi connectivity index (χ4n) is 5.02. The normalized spacial score (nSPS) is 12.7. The Kier molecular flexibility index (Phi) is 7.22. The molecule has 0 radical (unpaired) electrons. The summed E-state index contributed by atoms with van der Waals surface area (Å²) in [6.45, 7) is 0. The predicted octanol–water partition coefficient (Wildman–Crippen LogP) is 6.21. The van der Waals surface area contributed by atoms with Gasteiger partial charge in [0.25, 0.3) is 11.8 Å². The second kappa shape index (κ2) is 11.2. The van der Waals surface area contributed by atoms with Crippen LogP contribution < -0.4 is 25.0 Å². The van der Waals surface area contributed by atoms with Crippen molar-refractivity contribution in [1.29, 1.82) is 0 Å². The molecule has 1 aliphatic rings. The molecule has 11 heteroatoms. The van der Waals surface area contributed by atoms with Gasteiger partial charge >= 0.3 is 0 Å². The molecule has 0 aliphatic heterocycles. The maximum Gasteiger partial charge on any atom is 0.261 e. The average molecular weight is 585 g/mol. The van der Waals surface area contributed by atoms with Crippen molar-refractivity contribution in [3.05, 3.63) is 100 Å². The molecule has 1 N–H and O–H groups in total. The number of methoxy groups -OCH3 is 2. The number of nitrogens with zero attached hydrogens (tertiary/aromatic N) is 3. The number of carbonyl (C=O) groups is 1. The molecule has 1 aliphatic carbocycles. The molecule has 5 aromatic rings. The summed E-state index contributed by atoms with van der Waals surface area (Å²) in [5, 5.41) is 2.61. The zero-order chi connectivity index (χ0) is 30.2. The number of nitrogens with one attached hydrogen (secondary N) is 1. The lowest BCUT2D eigenvalue weighted by Crippen LogP contribution is -2.26. The van der Waals surface area contributed by atoms with Gasteiger partial charge in [-0.25, -0.2) is 13.8 Å². The van der Waals surface area contributed by atoms with Crippen LogP contribution in [0.25, 0.3) is 22.2 Å². The molecule has 0 spiro atoms. The summed E-state index contributed by atoms with van der Waals surface area (Å²) in [7, 11) is 4.69. The van der Waals surface area contributed by atoms with Crippen LogP contribution in [0.1, 0.15) is 34.8 Å². The molecule has 0 atom stereocenters. The smallest absolute Gasteiger partial charge is 0.261 e. The molecule has 1 fully saturated rings. The van der Waals surface area contributed by atoms with E-state index in [0.717, 1.165) is 24.6 Å². The Balaban J connectivity index is 1.28. The molecule has 6 rings (SSSR count). The molecule has 1 saturated carbocycles. The Morgan fingerprint density at radius 1 is 0.977 bits per heavy atom. The molecular weight excluding hydrogens is 558 g/mol. The van der Waals surface area contributed by atoms with Crippen LogP contribution in [0.3, 0.4) is 0 Å². The Labute approximate surface area is 244 Å². The molecule has 1 amide bonds. The van der Waals surface area contributed by atoms with Gasteiger partial charge in [-0.15, -0.1) is 0 Å². The second-order valence-electron chi connectivity index (χ2n) is 10.1. The van der Waals surface area contributed by atoms with Gasteiger partial charge in [-0.3, -0.25) is 14.6 Å². The molecule has 0 saturated heterocycles. The van der Waals surface area contributed by atoms with E-state index < -0.39 is 23.0 Å². The van der Waals surface area contributed by atoms with Crippen molar-refractivity contribution in [2.75, 3.05) is 19.5 Å². The van der Waals surface area contributed by atoms with Crippen molar-refractivity contribution in [3.8, 4) is 34.3 Å². The van der Waals surface area contributed by atoms with Gasteiger partial charge in [-0.05, 0) is 48.6 Å². The van der Waals surface area contributed by atoms with E-state index in [1.54, 1.807) is 17.7 Å². The molecule has 3 heterocycles. The van der Waals surface area contributed by atoms with Gasteiger partial charge < -0.3 is 24.1 Å². The summed E-state index contributed by atoms with van der Waals surface area (Å²) in [5.41, 5.74) is 2.00. The van der Waals surface area contributed by atoms with Crippen LogP contribution in [0.4, 0.5) is 14.5 Å². The third kappa shape index (κ3) is 5.36. The van der Waals surface area contributed by atoms with Gasteiger partial charge in [0.05, 0.1) is 19.7 Å². The van der Waals surface area contributed by atoms with Crippen LogP contribution in [-0.4, -0.2) is 34.7 Å². The molecule has 43 heavy (non-hydrogen) atoms. The Morgan fingerprint density at radius 3 is 2.42 bits per heavy atom. The number of rotatable bonds is 8. The fraction of sp³-hybridized carbons (Fsp3) is 0.188. The van der Waals surface area contributed by atoms with Crippen LogP contribution in [0.5, 0.6) is 23.1 Å². The van der Waals surface area contributed by atoms with E-state index in [1.807, 2.05) is 0 Å². The first-order chi connectivity index (χ1) is 20.8. The average Bonchev–Trinajstić information content (AvgIpc) is 3.84. The summed E-state index contributed by atoms with van der Waals surface area (Å²) in [6.07, 6.45) is 4.82. The fourth-order valence-corrected chi connectivity index (χ4v) is 5.02. The van der Waals surface area contributed by atoms with E-state index in [9.17, 15) is 14.0 Å². The van der Waals surface area contributed by atoms with E-state index in [4.69, 9.17) is 14.2 Å². The first-order valence-corrected chi connectivity index (χ1v) is 13.4. The predicted molar refractivity (Wildman–Crippen MR) is 156 cm³/mol. The van der Waals surface area contributed by atoms with E-state index in [1.165, 1.54) is 69.1 Å². The molecular formula is C32H26F2N4O5. The van der Waals surface area contributed by atoms with Gasteiger partial charge in [0.2, 0.25) is 5.43 Å². The largest absolute Gasteiger partial charge is 0.491 e. The van der Waals surface area contributed by atoms with Crippen LogP contribution in [0.2, 0.25) is 0 Å². The van der Waals surface area contributed by atoms with Gasteiger partial charge in [0.1, 0.15) is 16.9 Å². The Hall–Kier alpha value is -5.32. The van der Waals surface area contributed by atoms with Crippen molar-refractivity contribution in [2.24, 2.45) is 7.05 Å². The van der Waals surface area contributed by atoms with Gasteiger partial charge in [-0.1, -0.05) is 12.1 Å². The number of carbonyl (C=O) groups excluding carboxylic acids is 1. The van der Waals surface area contributed by atoms with Crippen LogP contribution in [0.15, 0.2) is 71.8 Å². The maximum absolute atomic E-state index is 15.2. The van der Waals surface area contributed by atoms with Crippen LogP contribution in [-0.2, 0) is 7.05 Å². The molecule has 2 aromatic carbocycles. The van der Waals surface area contributed by atoms with Gasteiger partial charge in [0.15, 0.2) is 23.1 Å². The monoisotopic (exact) mass is 584 g/mol. The summed E-state index contributed by atoms with van der Waals surface area (Å²) >= 11 is 0. The zero-order valence-corrected chi connectivity index (χ0v) is 23.5. The SMILES string of the molecule is COc1cc2nccc(Oc3ccc(NC(=O)c4cn(C)c(C5CC5)c(-c5ccc(F)cc5)c4=O)cc3F)c2nc1OC. The van der Waals surface area contributed by atoms with E-state index in [-0.39, 0.29) is 34.5 Å². The number of aromatic nitrogens is 3. The number of amides is 1. The highest BCUT2D eigenvalue weighted by molar-refractivity contribution is 6.04. The highest BCUT2D eigenvalue weighted by atomic mass is 19.1. The molecule has 9 nitrogen and oxygen atoms in total. The summed E-state index contributed by atoms with van der Waals surface area (Å²) in [6, 6.07) is 12.7. The lowest BCUT2D eigenvalue weighted by atomic mass is 9.98. The van der Waals surface area contributed by atoms with E-state index in [2.05, 4.69) is 15.3 Å². The first-order valence-electron chi connectivity index (χ1n) is 13.4. The number of anilines is 1. The molecule has 0 bridgehead atoms. The van der Waals surface area contributed by atoms with Crippen molar-refractivity contribution in [2.45, 2.75) is 18.8 Å². The van der Waals surface area contributed by atoms with Crippen molar-refractivity contribution in [1.82, 2.24) is 14.5 Å². The minimum absolute atomic E-state index is 0.120.